The molecule has 1 unspecified atom stereocenters. The van der Waals surface area contributed by atoms with E-state index in [1.54, 1.807) is 67.8 Å². The fourth-order valence-electron chi connectivity index (χ4n) is 3.58. The number of ether oxygens (including phenoxy) is 3. The van der Waals surface area contributed by atoms with E-state index in [1.165, 1.54) is 0 Å². The van der Waals surface area contributed by atoms with Crippen molar-refractivity contribution in [3.05, 3.63) is 82.9 Å². The average Bonchev–Trinajstić information content (AvgIpc) is 3.32. The second-order valence-corrected chi connectivity index (χ2v) is 7.96. The molecule has 0 saturated carbocycles. The van der Waals surface area contributed by atoms with E-state index in [0.717, 1.165) is 0 Å². The van der Waals surface area contributed by atoms with Crippen LogP contribution in [0.1, 0.15) is 28.4 Å². The Labute approximate surface area is 212 Å². The first-order valence-corrected chi connectivity index (χ1v) is 11.4. The summed E-state index contributed by atoms with van der Waals surface area (Å²) in [6.07, 6.45) is -1.09. The molecule has 0 aliphatic heterocycles. The van der Waals surface area contributed by atoms with Crippen molar-refractivity contribution < 1.29 is 33.6 Å². The monoisotopic (exact) mass is 503 g/mol. The van der Waals surface area contributed by atoms with Gasteiger partial charge in [0, 0.05) is 12.7 Å². The molecule has 1 amide bonds. The molecule has 0 radical (unpaired) electrons. The lowest BCUT2D eigenvalue weighted by molar-refractivity contribution is -0.123. The van der Waals surface area contributed by atoms with Crippen LogP contribution in [-0.4, -0.2) is 41.4 Å². The third kappa shape index (κ3) is 6.23. The van der Waals surface area contributed by atoms with Gasteiger partial charge in [-0.2, -0.15) is 10.2 Å². The van der Waals surface area contributed by atoms with Crippen LogP contribution >= 0.6 is 0 Å². The zero-order valence-electron chi connectivity index (χ0n) is 20.0. The van der Waals surface area contributed by atoms with Gasteiger partial charge in [0.05, 0.1) is 31.5 Å². The Hall–Kier alpha value is -4.43. The number of hydrogen-bond acceptors (Lipinski definition) is 9. The predicted octanol–water partition coefficient (Wildman–Crippen LogP) is 3.47. The van der Waals surface area contributed by atoms with E-state index in [9.17, 15) is 15.0 Å². The molecular weight excluding hydrogens is 478 g/mol. The summed E-state index contributed by atoms with van der Waals surface area (Å²) < 4.78 is 22.2. The van der Waals surface area contributed by atoms with Crippen LogP contribution in [0, 0.1) is 11.3 Å². The number of amides is 1. The number of rotatable bonds is 11. The molecule has 0 spiro atoms. The van der Waals surface area contributed by atoms with Crippen molar-refractivity contribution in [3.8, 4) is 17.6 Å². The van der Waals surface area contributed by atoms with Gasteiger partial charge in [0.15, 0.2) is 5.58 Å². The summed E-state index contributed by atoms with van der Waals surface area (Å²) >= 11 is 0. The molecular formula is C27H25N3O7. The van der Waals surface area contributed by atoms with Gasteiger partial charge >= 0.3 is 6.01 Å². The van der Waals surface area contributed by atoms with Crippen molar-refractivity contribution in [1.82, 2.24) is 4.98 Å². The lowest BCUT2D eigenvalue weighted by Crippen LogP contribution is -2.25. The molecule has 1 aromatic heterocycles. The van der Waals surface area contributed by atoms with E-state index in [2.05, 4.69) is 10.3 Å². The lowest BCUT2D eigenvalue weighted by atomic mass is 10.1. The number of aliphatic hydroxyl groups excluding tert-OH is 2. The summed E-state index contributed by atoms with van der Waals surface area (Å²) in [6, 6.07) is 18.4. The molecule has 3 N–H and O–H groups in total. The maximum Gasteiger partial charge on any atom is 0.302 e. The Morgan fingerprint density at radius 2 is 1.70 bits per heavy atom. The number of anilines is 1. The maximum absolute atomic E-state index is 13.3. The van der Waals surface area contributed by atoms with E-state index in [0.29, 0.717) is 58.1 Å². The second-order valence-electron chi connectivity index (χ2n) is 7.96. The van der Waals surface area contributed by atoms with E-state index in [-0.39, 0.29) is 19.2 Å². The molecule has 1 heterocycles. The van der Waals surface area contributed by atoms with Crippen molar-refractivity contribution in [3.63, 3.8) is 0 Å². The largest absolute Gasteiger partial charge is 0.491 e. The Kier molecular flexibility index (Phi) is 8.33. The number of nitriles is 1. The molecule has 37 heavy (non-hydrogen) atoms. The second kappa shape index (κ2) is 12.0. The zero-order valence-corrected chi connectivity index (χ0v) is 20.0. The molecule has 190 valence electrons. The van der Waals surface area contributed by atoms with Crippen molar-refractivity contribution in [2.24, 2.45) is 0 Å². The van der Waals surface area contributed by atoms with Crippen molar-refractivity contribution >= 4 is 23.0 Å². The number of nitrogens with zero attached hydrogens (tertiary/aromatic N) is 2. The molecule has 0 aliphatic rings. The number of carbonyl (C=O) groups is 1. The van der Waals surface area contributed by atoms with Crippen LogP contribution in [-0.2, 0) is 22.7 Å². The number of oxazole rings is 1. The van der Waals surface area contributed by atoms with Gasteiger partial charge in [0.1, 0.15) is 23.6 Å². The van der Waals surface area contributed by atoms with Gasteiger partial charge in [-0.1, -0.05) is 12.1 Å². The van der Waals surface area contributed by atoms with E-state index in [1.807, 2.05) is 6.07 Å². The Morgan fingerprint density at radius 3 is 2.35 bits per heavy atom. The Balaban J connectivity index is 1.59. The first-order valence-electron chi connectivity index (χ1n) is 11.4. The van der Waals surface area contributed by atoms with E-state index < -0.39 is 12.0 Å². The van der Waals surface area contributed by atoms with Crippen LogP contribution in [0.2, 0.25) is 0 Å². The molecule has 4 aromatic rings. The highest BCUT2D eigenvalue weighted by molar-refractivity contribution is 5.94. The summed E-state index contributed by atoms with van der Waals surface area (Å²) in [5.74, 6) is 0.447. The first kappa shape index (κ1) is 25.7. The molecule has 0 bridgehead atoms. The minimum Gasteiger partial charge on any atom is -0.491 e. The summed E-state index contributed by atoms with van der Waals surface area (Å²) in [5.41, 5.74) is 2.77. The number of hydrogen-bond donors (Lipinski definition) is 3. The summed E-state index contributed by atoms with van der Waals surface area (Å²) in [4.78, 5) is 17.6. The number of methoxy groups -OCH3 is 1. The SMILES string of the molecule is COCCOc1ccc(C(Oc2ccc(C#N)cc2)C(=O)Nc2nc3cc(CO)c(CO)cc3o2)cc1. The third-order valence-electron chi connectivity index (χ3n) is 5.50. The smallest absolute Gasteiger partial charge is 0.302 e. The fourth-order valence-corrected chi connectivity index (χ4v) is 3.58. The maximum atomic E-state index is 13.3. The van der Waals surface area contributed by atoms with Crippen LogP contribution in [0.15, 0.2) is 65.1 Å². The van der Waals surface area contributed by atoms with Gasteiger partial charge in [0.2, 0.25) is 6.10 Å². The van der Waals surface area contributed by atoms with Gasteiger partial charge in [-0.3, -0.25) is 10.1 Å². The minimum atomic E-state index is -1.09. The molecule has 10 heteroatoms. The number of nitrogens with one attached hydrogen (secondary N) is 1. The Morgan fingerprint density at radius 1 is 1.03 bits per heavy atom. The van der Waals surface area contributed by atoms with Crippen LogP contribution in [0.25, 0.3) is 11.1 Å². The zero-order chi connectivity index (χ0) is 26.2. The third-order valence-corrected chi connectivity index (χ3v) is 5.50. The number of benzene rings is 3. The van der Waals surface area contributed by atoms with Crippen LogP contribution in [0.4, 0.5) is 6.01 Å². The topological polar surface area (TPSA) is 147 Å². The lowest BCUT2D eigenvalue weighted by Gasteiger charge is -2.19. The number of carbonyl (C=O) groups excluding carboxylic acids is 1. The summed E-state index contributed by atoms with van der Waals surface area (Å²) in [6.45, 7) is 0.278. The molecule has 0 saturated heterocycles. The molecule has 3 aromatic carbocycles. The minimum absolute atomic E-state index is 0.0630. The standard InChI is InChI=1S/C27H25N3O7/c1-34-10-11-35-21-8-4-18(5-9-21)25(36-22-6-2-17(14-28)3-7-22)26(33)30-27-29-23-12-19(15-31)20(16-32)13-24(23)37-27/h2-9,12-13,25,31-32H,10-11,15-16H2,1H3,(H,29,30,33). The fraction of sp³-hybridized carbons (Fsp3) is 0.222. The molecule has 0 aliphatic carbocycles. The first-order chi connectivity index (χ1) is 18.0. The highest BCUT2D eigenvalue weighted by Gasteiger charge is 2.25. The van der Waals surface area contributed by atoms with Crippen LogP contribution in [0.5, 0.6) is 11.5 Å². The van der Waals surface area contributed by atoms with Crippen molar-refractivity contribution in [1.29, 1.82) is 5.26 Å². The number of aliphatic hydroxyl groups is 2. The van der Waals surface area contributed by atoms with Gasteiger partial charge in [-0.05, 0) is 59.7 Å². The van der Waals surface area contributed by atoms with Crippen molar-refractivity contribution in [2.75, 3.05) is 25.6 Å². The summed E-state index contributed by atoms with van der Waals surface area (Å²) in [5, 5.41) is 30.7. The molecule has 4 rings (SSSR count). The molecule has 1 atom stereocenters. The number of fused-ring (bicyclic) bond motifs is 1. The molecule has 0 fully saturated rings. The van der Waals surface area contributed by atoms with Crippen LogP contribution in [0.3, 0.4) is 0 Å². The highest BCUT2D eigenvalue weighted by atomic mass is 16.5. The summed E-state index contributed by atoms with van der Waals surface area (Å²) in [7, 11) is 1.59. The van der Waals surface area contributed by atoms with Gasteiger partial charge < -0.3 is 28.8 Å². The highest BCUT2D eigenvalue weighted by Crippen LogP contribution is 2.28. The van der Waals surface area contributed by atoms with Gasteiger partial charge in [-0.15, -0.1) is 0 Å². The quantitative estimate of drug-likeness (QED) is 0.262. The van der Waals surface area contributed by atoms with Crippen molar-refractivity contribution in [2.45, 2.75) is 19.3 Å². The van der Waals surface area contributed by atoms with Gasteiger partial charge in [-0.25, -0.2) is 0 Å². The van der Waals surface area contributed by atoms with Gasteiger partial charge in [0.25, 0.3) is 5.91 Å². The Bertz CT molecular complexity index is 1350. The van der Waals surface area contributed by atoms with Crippen LogP contribution < -0.4 is 14.8 Å². The predicted molar refractivity (Wildman–Crippen MR) is 133 cm³/mol. The normalized spacial score (nSPS) is 11.6. The number of aromatic nitrogens is 1. The van der Waals surface area contributed by atoms with E-state index in [4.69, 9.17) is 23.9 Å². The van der Waals surface area contributed by atoms with E-state index >= 15 is 0 Å². The average molecular weight is 504 g/mol. The molecule has 10 nitrogen and oxygen atoms in total.